The second kappa shape index (κ2) is 5.89. The van der Waals surface area contributed by atoms with E-state index in [1.54, 1.807) is 21.3 Å². The summed E-state index contributed by atoms with van der Waals surface area (Å²) in [5, 5.41) is 0.802. The van der Waals surface area contributed by atoms with E-state index in [-0.39, 0.29) is 0 Å². The van der Waals surface area contributed by atoms with Crippen LogP contribution in [-0.4, -0.2) is 30.0 Å². The van der Waals surface area contributed by atoms with E-state index >= 15 is 0 Å². The zero-order chi connectivity index (χ0) is 13.8. The molecule has 0 aliphatic heterocycles. The van der Waals surface area contributed by atoms with Gasteiger partial charge >= 0.3 is 8.64 Å². The Morgan fingerprint density at radius 1 is 0.895 bits per heavy atom. The van der Waals surface area contributed by atoms with Crippen molar-refractivity contribution in [3.8, 4) is 22.2 Å². The molecule has 4 heteroatoms. The van der Waals surface area contributed by atoms with Crippen LogP contribution < -0.4 is 13.9 Å². The van der Waals surface area contributed by atoms with E-state index in [0.29, 0.717) is 0 Å². The molecule has 0 amide bonds. The fraction of sp³-hybridized carbons (Fsp3) is 0.267. The lowest BCUT2D eigenvalue weighted by atomic mass is 10.0. The number of ether oxygens (including phenoxy) is 2. The minimum absolute atomic E-state index is 0.773. The summed E-state index contributed by atoms with van der Waals surface area (Å²) in [6, 6.07) is 10.3. The molecule has 0 atom stereocenters. The second-order valence-electron chi connectivity index (χ2n) is 4.20. The van der Waals surface area contributed by atoms with Crippen molar-refractivity contribution in [2.24, 2.45) is 0 Å². The zero-order valence-electron chi connectivity index (χ0n) is 11.7. The molecule has 0 N–H and O–H groups in total. The number of rotatable bonds is 4. The highest BCUT2D eigenvalue weighted by molar-refractivity contribution is 6.50. The van der Waals surface area contributed by atoms with Crippen molar-refractivity contribution >= 4 is 8.64 Å². The molecule has 0 saturated carbocycles. The molecule has 0 bridgehead atoms. The quantitative estimate of drug-likeness (QED) is 0.802. The summed E-state index contributed by atoms with van der Waals surface area (Å²) < 4.78 is 16.5. The third-order valence-corrected chi connectivity index (χ3v) is 4.93. The van der Waals surface area contributed by atoms with Crippen LogP contribution in [0.5, 0.6) is 11.1 Å². The summed E-state index contributed by atoms with van der Waals surface area (Å²) in [6.07, 6.45) is 0. The maximum atomic E-state index is 5.56. The first kappa shape index (κ1) is 13.6. The van der Waals surface area contributed by atoms with Gasteiger partial charge in [0.25, 0.3) is 0 Å². The van der Waals surface area contributed by atoms with Crippen LogP contribution in [0.3, 0.4) is 0 Å². The van der Waals surface area contributed by atoms with Crippen LogP contribution >= 0.6 is 0 Å². The van der Waals surface area contributed by atoms with E-state index in [9.17, 15) is 0 Å². The summed E-state index contributed by atoms with van der Waals surface area (Å²) in [5.74, 6) is 0.773. The minimum atomic E-state index is -1.26. The van der Waals surface area contributed by atoms with E-state index in [1.165, 1.54) is 5.56 Å². The van der Waals surface area contributed by atoms with E-state index < -0.39 is 8.64 Å². The van der Waals surface area contributed by atoms with Crippen LogP contribution in [0.2, 0.25) is 0 Å². The summed E-state index contributed by atoms with van der Waals surface area (Å²) in [5.41, 5.74) is 5.49. The maximum absolute atomic E-state index is 5.56. The molecule has 2 aromatic rings. The molecule has 0 fully saturated rings. The van der Waals surface area contributed by atoms with Crippen molar-refractivity contribution in [1.82, 2.24) is 0 Å². The van der Waals surface area contributed by atoms with Crippen LogP contribution in [0, 0.1) is 6.92 Å². The number of hydrogen-bond acceptors (Lipinski definition) is 3. The SMILES string of the molecule is COc1c(-c2ccccc2C)cc[si](OC)c1OC. The highest BCUT2D eigenvalue weighted by atomic mass is 28.3. The molecule has 2 rings (SSSR count). The Morgan fingerprint density at radius 3 is 2.21 bits per heavy atom. The first-order chi connectivity index (χ1) is 9.22. The number of aryl methyl sites for hydroxylation is 1. The van der Waals surface area contributed by atoms with Crippen LogP contribution in [0.4, 0.5) is 0 Å². The van der Waals surface area contributed by atoms with Gasteiger partial charge in [-0.3, -0.25) is 0 Å². The van der Waals surface area contributed by atoms with Crippen LogP contribution in [0.25, 0.3) is 11.1 Å². The minimum Gasteiger partial charge on any atom is -0.548 e. The molecule has 0 aliphatic carbocycles. The normalized spacial score (nSPS) is 10.1. The van der Waals surface area contributed by atoms with E-state index in [0.717, 1.165) is 22.2 Å². The number of benzene rings is 1. The standard InChI is InChI=1S/C15H18O3Si/c1-11-7-5-6-8-12(11)13-9-10-19(18-4)15(17-3)14(13)16-2/h5-10H,1-4H3. The first-order valence-electron chi connectivity index (χ1n) is 6.08. The third kappa shape index (κ3) is 2.49. The zero-order valence-corrected chi connectivity index (χ0v) is 12.7. The largest absolute Gasteiger partial charge is 0.548 e. The van der Waals surface area contributed by atoms with E-state index in [1.807, 2.05) is 12.1 Å². The van der Waals surface area contributed by atoms with Crippen LogP contribution in [-0.2, 0) is 0 Å². The van der Waals surface area contributed by atoms with Gasteiger partial charge in [-0.2, -0.15) is 0 Å². The van der Waals surface area contributed by atoms with Gasteiger partial charge in [0.05, 0.1) is 21.3 Å². The molecule has 1 heterocycles. The van der Waals surface area contributed by atoms with Gasteiger partial charge in [0, 0.05) is 5.56 Å². The average Bonchev–Trinajstić information content (AvgIpc) is 2.46. The summed E-state index contributed by atoms with van der Waals surface area (Å²) in [7, 11) is 3.77. The third-order valence-electron chi connectivity index (χ3n) is 3.14. The van der Waals surface area contributed by atoms with Gasteiger partial charge in [0.2, 0.25) is 0 Å². The summed E-state index contributed by atoms with van der Waals surface area (Å²) in [6.45, 7) is 2.09. The van der Waals surface area contributed by atoms with Crippen LogP contribution in [0.15, 0.2) is 36.0 Å². The van der Waals surface area contributed by atoms with Gasteiger partial charge in [-0.05, 0) is 23.7 Å². The Bertz CT molecular complexity index is 582. The molecule has 0 spiro atoms. The molecule has 0 radical (unpaired) electrons. The number of hydrogen-bond donors (Lipinski definition) is 0. The highest BCUT2D eigenvalue weighted by Gasteiger charge is 2.18. The Balaban J connectivity index is 2.68. The predicted octanol–water partition coefficient (Wildman–Crippen LogP) is 2.76. The molecule has 0 saturated heterocycles. The van der Waals surface area contributed by atoms with E-state index in [4.69, 9.17) is 13.9 Å². The topological polar surface area (TPSA) is 27.7 Å². The van der Waals surface area contributed by atoms with Crippen LogP contribution in [0.1, 0.15) is 5.56 Å². The molecule has 1 aromatic heterocycles. The fourth-order valence-electron chi connectivity index (χ4n) is 2.19. The average molecular weight is 274 g/mol. The van der Waals surface area contributed by atoms with Crippen molar-refractivity contribution in [2.45, 2.75) is 6.92 Å². The van der Waals surface area contributed by atoms with Crippen molar-refractivity contribution in [2.75, 3.05) is 21.3 Å². The molecule has 3 nitrogen and oxygen atoms in total. The maximum Gasteiger partial charge on any atom is 0.312 e. The van der Waals surface area contributed by atoms with E-state index in [2.05, 4.69) is 30.8 Å². The Morgan fingerprint density at radius 2 is 1.63 bits per heavy atom. The molecular formula is C15H18O3Si. The highest BCUT2D eigenvalue weighted by Crippen LogP contribution is 2.38. The summed E-state index contributed by atoms with van der Waals surface area (Å²) in [4.78, 5) is 0. The molecule has 100 valence electrons. The molecule has 1 aromatic carbocycles. The second-order valence-corrected chi connectivity index (χ2v) is 6.12. The van der Waals surface area contributed by atoms with Gasteiger partial charge in [-0.1, -0.05) is 30.3 Å². The monoisotopic (exact) mass is 274 g/mol. The van der Waals surface area contributed by atoms with Crippen molar-refractivity contribution in [3.05, 3.63) is 41.6 Å². The van der Waals surface area contributed by atoms with Crippen molar-refractivity contribution in [1.29, 1.82) is 0 Å². The molecule has 0 unspecified atom stereocenters. The smallest absolute Gasteiger partial charge is 0.312 e. The number of methoxy groups -OCH3 is 2. The lowest BCUT2D eigenvalue weighted by Gasteiger charge is -2.16. The van der Waals surface area contributed by atoms with Gasteiger partial charge < -0.3 is 13.9 Å². The molecule has 0 aliphatic rings. The first-order valence-corrected chi connectivity index (χ1v) is 7.56. The van der Waals surface area contributed by atoms with Gasteiger partial charge in [-0.15, -0.1) is 0 Å². The summed E-state index contributed by atoms with van der Waals surface area (Å²) >= 11 is 0. The predicted molar refractivity (Wildman–Crippen MR) is 78.2 cm³/mol. The Kier molecular flexibility index (Phi) is 4.22. The van der Waals surface area contributed by atoms with Gasteiger partial charge in [-0.25, -0.2) is 0 Å². The van der Waals surface area contributed by atoms with Gasteiger partial charge in [0.1, 0.15) is 0 Å². The Hall–Kier alpha value is -1.81. The molecular weight excluding hydrogens is 256 g/mol. The lowest BCUT2D eigenvalue weighted by Crippen LogP contribution is -2.12. The van der Waals surface area contributed by atoms with Crippen molar-refractivity contribution in [3.63, 3.8) is 0 Å². The Labute approximate surface area is 115 Å². The lowest BCUT2D eigenvalue weighted by molar-refractivity contribution is 0.356. The van der Waals surface area contributed by atoms with Crippen molar-refractivity contribution < 1.29 is 13.9 Å². The van der Waals surface area contributed by atoms with Gasteiger partial charge in [0.15, 0.2) is 11.1 Å². The fourth-order valence-corrected chi connectivity index (χ4v) is 3.64. The molecule has 19 heavy (non-hydrogen) atoms.